The number of hydrogen-bond donors (Lipinski definition) is 0. The molecule has 4 rings (SSSR count). The van der Waals surface area contributed by atoms with Gasteiger partial charge in [0.15, 0.2) is 0 Å². The molecule has 3 saturated heterocycles. The van der Waals surface area contributed by atoms with Gasteiger partial charge in [-0.3, -0.25) is 4.79 Å². The first-order valence-corrected chi connectivity index (χ1v) is 12.1. The monoisotopic (exact) mass is 443 g/mol. The fourth-order valence-corrected chi connectivity index (χ4v) is 4.98. The molecule has 0 unspecified atom stereocenters. The summed E-state index contributed by atoms with van der Waals surface area (Å²) in [6.45, 7) is 10.9. The number of fused-ring (bicyclic) bond motifs is 2. The van der Waals surface area contributed by atoms with E-state index in [1.54, 1.807) is 4.90 Å². The number of rotatable bonds is 6. The third-order valence-electron chi connectivity index (χ3n) is 6.57. The summed E-state index contributed by atoms with van der Waals surface area (Å²) in [4.78, 5) is 31.6. The predicted octanol–water partition coefficient (Wildman–Crippen LogP) is 3.78. The topological polar surface area (TPSA) is 62.3 Å². The normalized spacial score (nSPS) is 23.5. The molecule has 0 saturated carbocycles. The van der Waals surface area contributed by atoms with Gasteiger partial charge in [0.2, 0.25) is 0 Å². The van der Waals surface area contributed by atoms with Gasteiger partial charge in [0.1, 0.15) is 11.4 Å². The summed E-state index contributed by atoms with van der Waals surface area (Å²) in [5, 5.41) is 0. The van der Waals surface area contributed by atoms with Crippen LogP contribution in [-0.4, -0.2) is 83.7 Å². The molecule has 2 bridgehead atoms. The second-order valence-corrected chi connectivity index (χ2v) is 10.3. The lowest BCUT2D eigenvalue weighted by molar-refractivity contribution is 0.0126. The van der Waals surface area contributed by atoms with Gasteiger partial charge in [0, 0.05) is 25.2 Å². The van der Waals surface area contributed by atoms with Crippen LogP contribution >= 0.6 is 0 Å². The molecule has 2 amide bonds. The molecule has 2 atom stereocenters. The van der Waals surface area contributed by atoms with Gasteiger partial charge in [-0.2, -0.15) is 0 Å². The molecule has 7 nitrogen and oxygen atoms in total. The Balaban J connectivity index is 1.23. The van der Waals surface area contributed by atoms with Crippen molar-refractivity contribution in [3.8, 4) is 5.75 Å². The maximum atomic E-state index is 13.0. The first-order chi connectivity index (χ1) is 15.3. The number of benzene rings is 1. The molecular formula is C25H37N3O4. The van der Waals surface area contributed by atoms with Crippen LogP contribution in [-0.2, 0) is 4.74 Å². The van der Waals surface area contributed by atoms with Crippen molar-refractivity contribution in [3.05, 3.63) is 29.8 Å². The Bertz CT molecular complexity index is 798. The quantitative estimate of drug-likeness (QED) is 0.626. The van der Waals surface area contributed by atoms with Crippen LogP contribution in [0.4, 0.5) is 4.79 Å². The molecule has 3 heterocycles. The van der Waals surface area contributed by atoms with Gasteiger partial charge in [-0.1, -0.05) is 6.42 Å². The largest absolute Gasteiger partial charge is 0.494 e. The Labute approximate surface area is 191 Å². The van der Waals surface area contributed by atoms with E-state index in [0.29, 0.717) is 25.3 Å². The molecule has 1 aromatic rings. The first-order valence-electron chi connectivity index (χ1n) is 12.1. The van der Waals surface area contributed by atoms with Gasteiger partial charge in [-0.15, -0.1) is 0 Å². The maximum absolute atomic E-state index is 13.0. The fourth-order valence-electron chi connectivity index (χ4n) is 4.98. The number of hydrogen-bond acceptors (Lipinski definition) is 5. The Morgan fingerprint density at radius 1 is 0.969 bits per heavy atom. The third kappa shape index (κ3) is 5.55. The van der Waals surface area contributed by atoms with E-state index in [4.69, 9.17) is 9.47 Å². The average Bonchev–Trinajstić information content (AvgIpc) is 3.37. The first kappa shape index (κ1) is 22.9. The number of amides is 2. The van der Waals surface area contributed by atoms with Gasteiger partial charge < -0.3 is 24.2 Å². The lowest BCUT2D eigenvalue weighted by atomic mass is 10.1. The highest BCUT2D eigenvalue weighted by Crippen LogP contribution is 2.33. The van der Waals surface area contributed by atoms with Crippen LogP contribution < -0.4 is 4.74 Å². The van der Waals surface area contributed by atoms with Crippen LogP contribution in [0.25, 0.3) is 0 Å². The van der Waals surface area contributed by atoms with Crippen molar-refractivity contribution in [1.82, 2.24) is 14.7 Å². The van der Waals surface area contributed by atoms with Crippen LogP contribution in [0.15, 0.2) is 24.3 Å². The smallest absolute Gasteiger partial charge is 0.410 e. The van der Waals surface area contributed by atoms with Crippen molar-refractivity contribution in [3.63, 3.8) is 0 Å². The van der Waals surface area contributed by atoms with Crippen molar-refractivity contribution in [1.29, 1.82) is 0 Å². The Morgan fingerprint density at radius 2 is 1.62 bits per heavy atom. The van der Waals surface area contributed by atoms with Crippen molar-refractivity contribution < 1.29 is 19.1 Å². The van der Waals surface area contributed by atoms with E-state index in [9.17, 15) is 9.59 Å². The van der Waals surface area contributed by atoms with E-state index in [1.165, 1.54) is 32.4 Å². The second-order valence-electron chi connectivity index (χ2n) is 10.3. The van der Waals surface area contributed by atoms with E-state index in [2.05, 4.69) is 4.90 Å². The molecule has 1 aromatic carbocycles. The number of piperidine rings is 1. The minimum Gasteiger partial charge on any atom is -0.494 e. The number of piperazine rings is 1. The van der Waals surface area contributed by atoms with E-state index in [-0.39, 0.29) is 24.1 Å². The lowest BCUT2D eigenvalue weighted by Gasteiger charge is -2.35. The molecule has 0 aromatic heterocycles. The zero-order valence-corrected chi connectivity index (χ0v) is 19.7. The number of likely N-dealkylation sites (tertiary alicyclic amines) is 3. The van der Waals surface area contributed by atoms with Crippen LogP contribution in [0.2, 0.25) is 0 Å². The Morgan fingerprint density at radius 3 is 2.25 bits per heavy atom. The van der Waals surface area contributed by atoms with Gasteiger partial charge in [-0.25, -0.2) is 4.79 Å². The van der Waals surface area contributed by atoms with E-state index < -0.39 is 5.60 Å². The number of carbonyl (C=O) groups is 2. The predicted molar refractivity (Wildman–Crippen MR) is 123 cm³/mol. The Kier molecular flexibility index (Phi) is 6.93. The van der Waals surface area contributed by atoms with Crippen molar-refractivity contribution >= 4 is 12.0 Å². The van der Waals surface area contributed by atoms with Crippen molar-refractivity contribution in [2.24, 2.45) is 0 Å². The van der Waals surface area contributed by atoms with E-state index in [0.717, 1.165) is 25.1 Å². The minimum absolute atomic E-state index is 0.0259. The zero-order chi connectivity index (χ0) is 22.7. The molecule has 0 radical (unpaired) electrons. The summed E-state index contributed by atoms with van der Waals surface area (Å²) >= 11 is 0. The molecular weight excluding hydrogens is 406 g/mol. The van der Waals surface area contributed by atoms with Gasteiger partial charge in [0.25, 0.3) is 5.91 Å². The van der Waals surface area contributed by atoms with E-state index in [1.807, 2.05) is 49.9 Å². The standard InChI is InChI=1S/C25H37N3O4/c1-25(2,3)32-24(30)28-18-20-16-21(28)17-27(20)23(29)19-8-10-22(11-9-19)31-15-7-14-26-12-5-4-6-13-26/h8-11,20-21H,4-7,12-18H2,1-3H3/t20-,21-/m0/s1. The molecule has 7 heteroatoms. The van der Waals surface area contributed by atoms with Gasteiger partial charge in [0.05, 0.1) is 18.7 Å². The average molecular weight is 444 g/mol. The third-order valence-corrected chi connectivity index (χ3v) is 6.57. The molecule has 32 heavy (non-hydrogen) atoms. The molecule has 3 aliphatic rings. The molecule has 0 N–H and O–H groups in total. The molecule has 0 aliphatic carbocycles. The highest BCUT2D eigenvalue weighted by molar-refractivity contribution is 5.95. The van der Waals surface area contributed by atoms with Crippen LogP contribution in [0, 0.1) is 0 Å². The van der Waals surface area contributed by atoms with Crippen LogP contribution in [0.3, 0.4) is 0 Å². The summed E-state index contributed by atoms with van der Waals surface area (Å²) in [6, 6.07) is 7.57. The van der Waals surface area contributed by atoms with Crippen LogP contribution in [0.5, 0.6) is 5.75 Å². The summed E-state index contributed by atoms with van der Waals surface area (Å²) in [6.07, 6.45) is 5.55. The SMILES string of the molecule is CC(C)(C)OC(=O)N1C[C@@H]2C[C@H]1CN2C(=O)c1ccc(OCCCN2CCCCC2)cc1. The minimum atomic E-state index is -0.508. The van der Waals surface area contributed by atoms with Gasteiger partial charge in [-0.05, 0) is 83.8 Å². The lowest BCUT2D eigenvalue weighted by Crippen LogP contribution is -2.51. The number of ether oxygens (including phenoxy) is 2. The summed E-state index contributed by atoms with van der Waals surface area (Å²) < 4.78 is 11.4. The molecule has 3 fully saturated rings. The number of carbonyl (C=O) groups excluding carboxylic acids is 2. The Hall–Kier alpha value is -2.28. The molecule has 176 valence electrons. The van der Waals surface area contributed by atoms with Crippen molar-refractivity contribution in [2.75, 3.05) is 39.3 Å². The summed E-state index contributed by atoms with van der Waals surface area (Å²) in [7, 11) is 0. The molecule has 0 spiro atoms. The number of nitrogens with zero attached hydrogens (tertiary/aromatic N) is 3. The van der Waals surface area contributed by atoms with Crippen LogP contribution in [0.1, 0.15) is 63.2 Å². The van der Waals surface area contributed by atoms with Gasteiger partial charge >= 0.3 is 6.09 Å². The van der Waals surface area contributed by atoms with E-state index >= 15 is 0 Å². The van der Waals surface area contributed by atoms with Crippen molar-refractivity contribution in [2.45, 2.75) is 70.6 Å². The maximum Gasteiger partial charge on any atom is 0.410 e. The zero-order valence-electron chi connectivity index (χ0n) is 19.7. The highest BCUT2D eigenvalue weighted by atomic mass is 16.6. The summed E-state index contributed by atoms with van der Waals surface area (Å²) in [5.74, 6) is 0.831. The summed E-state index contributed by atoms with van der Waals surface area (Å²) in [5.41, 5.74) is 0.160. The second kappa shape index (κ2) is 9.69. The fraction of sp³-hybridized carbons (Fsp3) is 0.680. The molecule has 3 aliphatic heterocycles. The highest BCUT2D eigenvalue weighted by Gasteiger charge is 2.48.